The number of aliphatic hydroxyl groups is 3. The molecule has 4 rings (SSSR count). The van der Waals surface area contributed by atoms with E-state index < -0.39 is 57.9 Å². The predicted octanol–water partition coefficient (Wildman–Crippen LogP) is 2.43. The van der Waals surface area contributed by atoms with Crippen molar-refractivity contribution in [3.8, 4) is 5.75 Å². The second-order valence-corrected chi connectivity index (χ2v) is 10.0. The highest BCUT2D eigenvalue weighted by Gasteiger charge is 2.64. The molecule has 0 radical (unpaired) electrons. The zero-order chi connectivity index (χ0) is 24.6. The monoisotopic (exact) mass is 455 g/mol. The van der Waals surface area contributed by atoms with Crippen LogP contribution in [0.5, 0.6) is 5.75 Å². The van der Waals surface area contributed by atoms with Gasteiger partial charge in [0.2, 0.25) is 5.78 Å². The third-order valence-electron chi connectivity index (χ3n) is 7.51. The van der Waals surface area contributed by atoms with Crippen molar-refractivity contribution in [3.05, 3.63) is 45.7 Å². The molecule has 6 N–H and O–H groups in total. The van der Waals surface area contributed by atoms with Gasteiger partial charge >= 0.3 is 0 Å². The number of amides is 1. The van der Waals surface area contributed by atoms with Crippen LogP contribution in [-0.2, 0) is 20.8 Å². The van der Waals surface area contributed by atoms with Crippen LogP contribution in [-0.4, -0.2) is 43.5 Å². The van der Waals surface area contributed by atoms with Crippen LogP contribution < -0.4 is 5.73 Å². The SMILES string of the molecule is CC(C)c1ccc(O)c2c1CC1C[C@H]3[C@H](C(C)C)C(=O)C(C(N)=O)=C(O)[C@@]3(O)C(=O)C1=C2O. The molecular weight excluding hydrogens is 426 g/mol. The second-order valence-electron chi connectivity index (χ2n) is 10.0. The fourth-order valence-corrected chi connectivity index (χ4v) is 6.05. The Bertz CT molecular complexity index is 1160. The molecule has 1 aromatic rings. The molecule has 1 aromatic carbocycles. The van der Waals surface area contributed by atoms with Gasteiger partial charge in [-0.2, -0.15) is 0 Å². The Hall–Kier alpha value is -3.13. The molecule has 0 saturated heterocycles. The molecule has 33 heavy (non-hydrogen) atoms. The molecule has 1 amide bonds. The molecule has 8 nitrogen and oxygen atoms in total. The van der Waals surface area contributed by atoms with Crippen molar-refractivity contribution in [1.82, 2.24) is 0 Å². The number of Topliss-reactive ketones (excluding diaryl/α,β-unsaturated/α-hetero) is 2. The van der Waals surface area contributed by atoms with Crippen LogP contribution in [0.1, 0.15) is 56.7 Å². The van der Waals surface area contributed by atoms with Gasteiger partial charge in [-0.05, 0) is 47.8 Å². The van der Waals surface area contributed by atoms with Gasteiger partial charge in [-0.15, -0.1) is 0 Å². The summed E-state index contributed by atoms with van der Waals surface area (Å²) in [6.07, 6.45) is 0.445. The molecule has 0 bridgehead atoms. The van der Waals surface area contributed by atoms with Crippen LogP contribution in [0.15, 0.2) is 29.0 Å². The number of nitrogens with two attached hydrogens (primary N) is 1. The molecule has 176 valence electrons. The van der Waals surface area contributed by atoms with Crippen LogP contribution in [0.4, 0.5) is 0 Å². The molecule has 1 unspecified atom stereocenters. The molecule has 4 atom stereocenters. The Balaban J connectivity index is 1.99. The number of rotatable bonds is 3. The van der Waals surface area contributed by atoms with Crippen molar-refractivity contribution in [3.63, 3.8) is 0 Å². The minimum absolute atomic E-state index is 0.0923. The van der Waals surface area contributed by atoms with Gasteiger partial charge in [0, 0.05) is 17.4 Å². The third-order valence-corrected chi connectivity index (χ3v) is 7.51. The van der Waals surface area contributed by atoms with Crippen molar-refractivity contribution in [1.29, 1.82) is 0 Å². The standard InChI is InChI=1S/C25H29NO7/c1-9(2)12-5-6-15(27)18-13(12)7-11-8-14-16(10(3)4)20(28)19(24(26)32)23(31)25(14,33)22(30)17(11)21(18)29/h5-6,9-11,14,16,27,29,31,33H,7-8H2,1-4H3,(H2,26,32)/t11?,14-,16-,25-/m0/s1. The second kappa shape index (κ2) is 7.45. The molecule has 0 heterocycles. The fourth-order valence-electron chi connectivity index (χ4n) is 6.05. The average Bonchev–Trinajstić information content (AvgIpc) is 2.70. The lowest BCUT2D eigenvalue weighted by atomic mass is 9.54. The summed E-state index contributed by atoms with van der Waals surface area (Å²) in [7, 11) is 0. The molecule has 3 aliphatic rings. The van der Waals surface area contributed by atoms with Crippen LogP contribution in [0, 0.1) is 23.7 Å². The van der Waals surface area contributed by atoms with Gasteiger partial charge in [0.15, 0.2) is 11.4 Å². The van der Waals surface area contributed by atoms with Crippen molar-refractivity contribution >= 4 is 23.2 Å². The summed E-state index contributed by atoms with van der Waals surface area (Å²) < 4.78 is 0. The topological polar surface area (TPSA) is 158 Å². The maximum Gasteiger partial charge on any atom is 0.255 e. The Kier molecular flexibility index (Phi) is 5.20. The summed E-state index contributed by atoms with van der Waals surface area (Å²) in [6.45, 7) is 7.44. The lowest BCUT2D eigenvalue weighted by molar-refractivity contribution is -0.155. The maximum atomic E-state index is 13.7. The lowest BCUT2D eigenvalue weighted by Crippen LogP contribution is -2.62. The van der Waals surface area contributed by atoms with Crippen LogP contribution >= 0.6 is 0 Å². The molecule has 0 aromatic heterocycles. The summed E-state index contributed by atoms with van der Waals surface area (Å²) in [5.74, 6) is -7.31. The third kappa shape index (κ3) is 2.96. The zero-order valence-electron chi connectivity index (χ0n) is 19.0. The average molecular weight is 456 g/mol. The Morgan fingerprint density at radius 1 is 1.12 bits per heavy atom. The number of hydrogen-bond acceptors (Lipinski definition) is 7. The van der Waals surface area contributed by atoms with Crippen molar-refractivity contribution in [2.45, 2.75) is 52.1 Å². The Labute approximate surface area is 191 Å². The van der Waals surface area contributed by atoms with E-state index >= 15 is 0 Å². The molecule has 3 aliphatic carbocycles. The van der Waals surface area contributed by atoms with Gasteiger partial charge in [-0.3, -0.25) is 14.4 Å². The largest absolute Gasteiger partial charge is 0.508 e. The van der Waals surface area contributed by atoms with Gasteiger partial charge in [-0.25, -0.2) is 0 Å². The highest BCUT2D eigenvalue weighted by molar-refractivity contribution is 6.23. The van der Waals surface area contributed by atoms with Crippen molar-refractivity contribution in [2.24, 2.45) is 29.4 Å². The van der Waals surface area contributed by atoms with Crippen molar-refractivity contribution in [2.75, 3.05) is 0 Å². The maximum absolute atomic E-state index is 13.7. The first-order chi connectivity index (χ1) is 15.3. The number of phenolic OH excluding ortho intramolecular Hbond substituents is 1. The van der Waals surface area contributed by atoms with E-state index in [1.165, 1.54) is 6.07 Å². The van der Waals surface area contributed by atoms with Gasteiger partial charge in [0.1, 0.15) is 22.8 Å². The summed E-state index contributed by atoms with van der Waals surface area (Å²) >= 11 is 0. The molecule has 8 heteroatoms. The number of carbonyl (C=O) groups excluding carboxylic acids is 3. The quantitative estimate of drug-likeness (QED) is 0.438. The Morgan fingerprint density at radius 3 is 2.30 bits per heavy atom. The number of phenols is 1. The van der Waals surface area contributed by atoms with Crippen molar-refractivity contribution < 1.29 is 34.8 Å². The number of aromatic hydroxyl groups is 1. The summed E-state index contributed by atoms with van der Waals surface area (Å²) in [5.41, 5.74) is 3.63. The van der Waals surface area contributed by atoms with E-state index in [0.717, 1.165) is 11.1 Å². The fraction of sp³-hybridized carbons (Fsp3) is 0.480. The van der Waals surface area contributed by atoms with E-state index in [1.807, 2.05) is 13.8 Å². The molecular formula is C25H29NO7. The van der Waals surface area contributed by atoms with E-state index in [0.29, 0.717) is 6.42 Å². The molecule has 0 aliphatic heterocycles. The number of hydrogen-bond donors (Lipinski definition) is 5. The summed E-state index contributed by atoms with van der Waals surface area (Å²) in [5, 5.41) is 44.0. The van der Waals surface area contributed by atoms with Gasteiger partial charge in [0.05, 0.1) is 5.56 Å². The molecule has 1 fully saturated rings. The van der Waals surface area contributed by atoms with E-state index in [2.05, 4.69) is 0 Å². The zero-order valence-corrected chi connectivity index (χ0v) is 19.0. The summed E-state index contributed by atoms with van der Waals surface area (Å²) in [6, 6.07) is 3.24. The first-order valence-electron chi connectivity index (χ1n) is 11.2. The van der Waals surface area contributed by atoms with Crippen LogP contribution in [0.3, 0.4) is 0 Å². The predicted molar refractivity (Wildman–Crippen MR) is 119 cm³/mol. The first kappa shape index (κ1) is 23.0. The normalized spacial score (nSPS) is 29.4. The van der Waals surface area contributed by atoms with Gasteiger partial charge in [0.25, 0.3) is 5.91 Å². The Morgan fingerprint density at radius 2 is 1.76 bits per heavy atom. The first-order valence-corrected chi connectivity index (χ1v) is 11.2. The van der Waals surface area contributed by atoms with E-state index in [9.17, 15) is 34.8 Å². The van der Waals surface area contributed by atoms with Crippen LogP contribution in [0.2, 0.25) is 0 Å². The number of primary amides is 1. The van der Waals surface area contributed by atoms with Crippen LogP contribution in [0.25, 0.3) is 5.76 Å². The number of fused-ring (bicyclic) bond motifs is 3. The highest BCUT2D eigenvalue weighted by atomic mass is 16.3. The van der Waals surface area contributed by atoms with E-state index in [4.69, 9.17) is 5.73 Å². The number of carbonyl (C=O) groups is 3. The van der Waals surface area contributed by atoms with E-state index in [1.54, 1.807) is 19.9 Å². The minimum atomic E-state index is -2.57. The van der Waals surface area contributed by atoms with Gasteiger partial charge < -0.3 is 26.2 Å². The smallest absolute Gasteiger partial charge is 0.255 e. The molecule has 0 spiro atoms. The van der Waals surface area contributed by atoms with E-state index in [-0.39, 0.29) is 35.1 Å². The van der Waals surface area contributed by atoms with Gasteiger partial charge in [-0.1, -0.05) is 33.8 Å². The number of aliphatic hydroxyl groups excluding tert-OH is 2. The minimum Gasteiger partial charge on any atom is -0.508 e. The number of benzene rings is 1. The highest BCUT2D eigenvalue weighted by Crippen LogP contribution is 2.55. The summed E-state index contributed by atoms with van der Waals surface area (Å²) in [4.78, 5) is 38.8. The lowest BCUT2D eigenvalue weighted by Gasteiger charge is -2.50. The number of ketones is 2. The molecule has 1 saturated carbocycles.